The summed E-state index contributed by atoms with van der Waals surface area (Å²) in [5.74, 6) is 1.58. The second-order valence-corrected chi connectivity index (χ2v) is 14.6. The molecule has 4 nitrogen and oxygen atoms in total. The third kappa shape index (κ3) is 3.26. The molecule has 0 saturated carbocycles. The van der Waals surface area contributed by atoms with Gasteiger partial charge in [-0.15, -0.1) is 0 Å². The molecule has 7 heterocycles. The third-order valence-electron chi connectivity index (χ3n) is 11.6. The van der Waals surface area contributed by atoms with E-state index in [0.29, 0.717) is 35.0 Å². The van der Waals surface area contributed by atoms with Crippen LogP contribution in [0.3, 0.4) is 0 Å². The summed E-state index contributed by atoms with van der Waals surface area (Å²) in [5.41, 5.74) is 3.43. The average molecular weight is 495 g/mol. The number of nitrogens with zero attached hydrogens (tertiary/aromatic N) is 2. The lowest BCUT2D eigenvalue weighted by Crippen LogP contribution is -2.66. The van der Waals surface area contributed by atoms with Crippen LogP contribution in [0.4, 0.5) is 0 Å². The highest BCUT2D eigenvalue weighted by atomic mass is 32.2. The van der Waals surface area contributed by atoms with Crippen LogP contribution in [0.25, 0.3) is 0 Å². The number of rotatable bonds is 2. The third-order valence-corrected chi connectivity index (χ3v) is 13.7. The maximum absolute atomic E-state index is 5.56. The highest BCUT2D eigenvalue weighted by Gasteiger charge is 2.67. The van der Waals surface area contributed by atoms with Crippen LogP contribution in [0.1, 0.15) is 89.4 Å². The second kappa shape index (κ2) is 8.16. The van der Waals surface area contributed by atoms with Crippen molar-refractivity contribution < 1.29 is 8.83 Å². The molecular formula is C30H42N2O2S. The molecule has 2 aromatic rings. The van der Waals surface area contributed by atoms with E-state index in [2.05, 4.69) is 61.4 Å². The zero-order valence-electron chi connectivity index (χ0n) is 21.9. The molecule has 0 bridgehead atoms. The molecule has 5 fully saturated rings. The lowest BCUT2D eigenvalue weighted by molar-refractivity contribution is -0.115. The van der Waals surface area contributed by atoms with Gasteiger partial charge in [-0.05, 0) is 73.3 Å². The molecule has 2 aromatic heterocycles. The Morgan fingerprint density at radius 1 is 0.743 bits per heavy atom. The Labute approximate surface area is 215 Å². The van der Waals surface area contributed by atoms with Crippen molar-refractivity contribution >= 4 is 11.8 Å². The van der Waals surface area contributed by atoms with Crippen molar-refractivity contribution in [2.24, 2.45) is 22.7 Å². The van der Waals surface area contributed by atoms with Gasteiger partial charge < -0.3 is 8.83 Å². The number of furan rings is 2. The van der Waals surface area contributed by atoms with Crippen LogP contribution in [-0.4, -0.2) is 45.5 Å². The molecule has 190 valence electrons. The van der Waals surface area contributed by atoms with Crippen molar-refractivity contribution in [2.45, 2.75) is 101 Å². The zero-order valence-corrected chi connectivity index (χ0v) is 22.7. The number of thioether (sulfide) groups is 1. The molecule has 7 rings (SSSR count). The van der Waals surface area contributed by atoms with Crippen LogP contribution in [0.15, 0.2) is 46.0 Å². The first kappa shape index (κ1) is 23.0. The summed E-state index contributed by atoms with van der Waals surface area (Å²) in [5, 5.41) is 1.54. The normalized spacial score (nSPS) is 48.1. The monoisotopic (exact) mass is 494 g/mol. The largest absolute Gasteiger partial charge is 0.472 e. The summed E-state index contributed by atoms with van der Waals surface area (Å²) < 4.78 is 11.1. The number of fused-ring (bicyclic) bond motifs is 5. The second-order valence-electron chi connectivity index (χ2n) is 13.2. The van der Waals surface area contributed by atoms with Crippen molar-refractivity contribution in [3.05, 3.63) is 48.3 Å². The predicted octanol–water partition coefficient (Wildman–Crippen LogP) is 7.16. The van der Waals surface area contributed by atoms with Crippen LogP contribution in [0.5, 0.6) is 0 Å². The van der Waals surface area contributed by atoms with Gasteiger partial charge in [0.05, 0.1) is 25.1 Å². The Morgan fingerprint density at radius 3 is 1.60 bits per heavy atom. The van der Waals surface area contributed by atoms with E-state index < -0.39 is 0 Å². The Bertz CT molecular complexity index is 957. The Balaban J connectivity index is 1.24. The van der Waals surface area contributed by atoms with E-state index in [1.165, 1.54) is 62.7 Å². The van der Waals surface area contributed by atoms with Crippen LogP contribution in [0.2, 0.25) is 0 Å². The van der Waals surface area contributed by atoms with Gasteiger partial charge in [-0.2, -0.15) is 11.8 Å². The molecule has 0 radical (unpaired) electrons. The maximum Gasteiger partial charge on any atom is 0.0950 e. The van der Waals surface area contributed by atoms with Gasteiger partial charge in [0.15, 0.2) is 0 Å². The van der Waals surface area contributed by atoms with Gasteiger partial charge in [0, 0.05) is 58.9 Å². The van der Waals surface area contributed by atoms with E-state index in [1.807, 2.05) is 25.1 Å². The van der Waals surface area contributed by atoms with E-state index in [0.717, 1.165) is 22.3 Å². The summed E-state index contributed by atoms with van der Waals surface area (Å²) in [6.07, 6.45) is 15.7. The molecule has 0 aliphatic carbocycles. The smallest absolute Gasteiger partial charge is 0.0950 e. The molecule has 0 aromatic carbocycles. The molecule has 5 saturated heterocycles. The first-order valence-electron chi connectivity index (χ1n) is 14.1. The maximum atomic E-state index is 5.56. The zero-order chi connectivity index (χ0) is 23.9. The molecule has 5 aliphatic rings. The lowest BCUT2D eigenvalue weighted by Gasteiger charge is -2.61. The van der Waals surface area contributed by atoms with Crippen molar-refractivity contribution in [2.75, 3.05) is 13.1 Å². The van der Waals surface area contributed by atoms with Gasteiger partial charge in [-0.25, -0.2) is 0 Å². The van der Waals surface area contributed by atoms with Gasteiger partial charge in [-0.1, -0.05) is 27.7 Å². The summed E-state index contributed by atoms with van der Waals surface area (Å²) >= 11 is 2.40. The van der Waals surface area contributed by atoms with Gasteiger partial charge in [0.2, 0.25) is 0 Å². The SMILES string of the molecule is CC1CCC(c2ccoc2)N2CC3(C)C(CC12)SC1CC2C(C)CCC(c4ccoc4)N2CC13C. The molecular weight excluding hydrogens is 452 g/mol. The highest BCUT2D eigenvalue weighted by molar-refractivity contribution is 8.00. The summed E-state index contributed by atoms with van der Waals surface area (Å²) in [6.45, 7) is 12.8. The number of hydrogen-bond acceptors (Lipinski definition) is 5. The quantitative estimate of drug-likeness (QED) is 0.442. The molecule has 10 atom stereocenters. The van der Waals surface area contributed by atoms with Crippen molar-refractivity contribution in [3.8, 4) is 0 Å². The lowest BCUT2D eigenvalue weighted by atomic mass is 9.55. The van der Waals surface area contributed by atoms with Gasteiger partial charge in [0.25, 0.3) is 0 Å². The molecule has 0 amide bonds. The first-order valence-corrected chi connectivity index (χ1v) is 15.0. The standard InChI is InChI=1S/C30H42N2O2S/c1-19-5-7-23(21-9-11-33-15-21)31-17-29(3)27(13-25(19)31)35-28-14-26-20(2)6-8-24(22-10-12-34-16-22)32(26)18-30(28,29)4/h9-12,15-16,19-20,23-28H,5-8,13-14,17-18H2,1-4H3. The fraction of sp³-hybridized carbons (Fsp3) is 0.733. The fourth-order valence-corrected chi connectivity index (χ4v) is 11.4. The van der Waals surface area contributed by atoms with Gasteiger partial charge in [-0.3, -0.25) is 9.80 Å². The minimum absolute atomic E-state index is 0.324. The van der Waals surface area contributed by atoms with Crippen molar-refractivity contribution in [1.82, 2.24) is 9.80 Å². The van der Waals surface area contributed by atoms with Crippen LogP contribution >= 0.6 is 11.8 Å². The number of hydrogen-bond donors (Lipinski definition) is 0. The predicted molar refractivity (Wildman–Crippen MR) is 141 cm³/mol. The highest BCUT2D eigenvalue weighted by Crippen LogP contribution is 2.68. The summed E-state index contributed by atoms with van der Waals surface area (Å²) in [4.78, 5) is 5.87. The molecule has 0 spiro atoms. The Hall–Kier alpha value is -1.17. The van der Waals surface area contributed by atoms with Gasteiger partial charge in [0.1, 0.15) is 0 Å². The van der Waals surface area contributed by atoms with Crippen molar-refractivity contribution in [1.29, 1.82) is 0 Å². The molecule has 5 heteroatoms. The van der Waals surface area contributed by atoms with E-state index in [-0.39, 0.29) is 0 Å². The first-order chi connectivity index (χ1) is 16.9. The summed E-state index contributed by atoms with van der Waals surface area (Å²) in [7, 11) is 0. The molecule has 35 heavy (non-hydrogen) atoms. The summed E-state index contributed by atoms with van der Waals surface area (Å²) in [6, 6.07) is 6.89. The minimum Gasteiger partial charge on any atom is -0.472 e. The van der Waals surface area contributed by atoms with Crippen LogP contribution < -0.4 is 0 Å². The van der Waals surface area contributed by atoms with E-state index in [4.69, 9.17) is 8.83 Å². The van der Waals surface area contributed by atoms with E-state index in [1.54, 1.807) is 0 Å². The van der Waals surface area contributed by atoms with Crippen LogP contribution in [-0.2, 0) is 0 Å². The van der Waals surface area contributed by atoms with Crippen molar-refractivity contribution in [3.63, 3.8) is 0 Å². The molecule has 10 unspecified atom stereocenters. The average Bonchev–Trinajstić information content (AvgIpc) is 3.59. The molecule has 5 aliphatic heterocycles. The van der Waals surface area contributed by atoms with Crippen LogP contribution in [0, 0.1) is 22.7 Å². The van der Waals surface area contributed by atoms with Gasteiger partial charge >= 0.3 is 0 Å². The van der Waals surface area contributed by atoms with E-state index in [9.17, 15) is 0 Å². The molecule has 0 N–H and O–H groups in total. The Morgan fingerprint density at radius 2 is 1.20 bits per heavy atom. The Kier molecular flexibility index (Phi) is 5.36. The number of piperidine rings is 4. The fourth-order valence-electron chi connectivity index (χ4n) is 9.14. The minimum atomic E-state index is 0.324. The van der Waals surface area contributed by atoms with E-state index >= 15 is 0 Å². The topological polar surface area (TPSA) is 32.8 Å².